The van der Waals surface area contributed by atoms with Crippen LogP contribution in [0.15, 0.2) is 54.6 Å². The molecule has 5 heteroatoms. The molecular formula is C20H23NO3S. The van der Waals surface area contributed by atoms with E-state index in [1.165, 1.54) is 5.56 Å². The monoisotopic (exact) mass is 357 g/mol. The first kappa shape index (κ1) is 18.0. The smallest absolute Gasteiger partial charge is 0.252 e. The van der Waals surface area contributed by atoms with E-state index >= 15 is 0 Å². The van der Waals surface area contributed by atoms with E-state index in [0.29, 0.717) is 19.8 Å². The molecule has 0 saturated carbocycles. The molecule has 3 rings (SSSR count). The van der Waals surface area contributed by atoms with Gasteiger partial charge in [0.15, 0.2) is 6.10 Å². The fourth-order valence-corrected chi connectivity index (χ4v) is 3.45. The van der Waals surface area contributed by atoms with Gasteiger partial charge in [-0.2, -0.15) is 11.8 Å². The highest BCUT2D eigenvalue weighted by Crippen LogP contribution is 2.26. The Labute approximate surface area is 152 Å². The summed E-state index contributed by atoms with van der Waals surface area (Å²) in [5.74, 6) is 0.834. The molecule has 0 aromatic heterocycles. The van der Waals surface area contributed by atoms with Crippen LogP contribution in [-0.2, 0) is 26.6 Å². The number of ether oxygens (including phenoxy) is 2. The summed E-state index contributed by atoms with van der Waals surface area (Å²) in [5, 5.41) is 2.99. The van der Waals surface area contributed by atoms with Crippen LogP contribution in [-0.4, -0.2) is 31.5 Å². The summed E-state index contributed by atoms with van der Waals surface area (Å²) in [6, 6.07) is 18.0. The summed E-state index contributed by atoms with van der Waals surface area (Å²) in [6.07, 6.45) is 1.10. The van der Waals surface area contributed by atoms with Gasteiger partial charge in [-0.05, 0) is 22.9 Å². The number of thioether (sulfide) groups is 1. The first-order chi connectivity index (χ1) is 12.3. The van der Waals surface area contributed by atoms with E-state index in [1.54, 1.807) is 11.8 Å². The van der Waals surface area contributed by atoms with Gasteiger partial charge in [0.2, 0.25) is 0 Å². The lowest BCUT2D eigenvalue weighted by atomic mass is 10.0. The van der Waals surface area contributed by atoms with Crippen molar-refractivity contribution in [3.8, 4) is 0 Å². The first-order valence-corrected chi connectivity index (χ1v) is 9.80. The largest absolute Gasteiger partial charge is 0.368 e. The summed E-state index contributed by atoms with van der Waals surface area (Å²) < 4.78 is 11.5. The van der Waals surface area contributed by atoms with Crippen LogP contribution in [0.4, 0.5) is 0 Å². The molecule has 1 fully saturated rings. The second kappa shape index (κ2) is 9.04. The molecule has 0 bridgehead atoms. The van der Waals surface area contributed by atoms with Gasteiger partial charge in [-0.25, -0.2) is 0 Å². The molecule has 0 spiro atoms. The lowest BCUT2D eigenvalue weighted by molar-refractivity contribution is -0.166. The zero-order chi connectivity index (χ0) is 17.5. The van der Waals surface area contributed by atoms with Crippen molar-refractivity contribution in [3.05, 3.63) is 71.3 Å². The van der Waals surface area contributed by atoms with E-state index in [-0.39, 0.29) is 12.0 Å². The Morgan fingerprint density at radius 3 is 2.64 bits per heavy atom. The van der Waals surface area contributed by atoms with Gasteiger partial charge < -0.3 is 14.8 Å². The van der Waals surface area contributed by atoms with Gasteiger partial charge in [0.05, 0.1) is 13.2 Å². The topological polar surface area (TPSA) is 47.6 Å². The minimum Gasteiger partial charge on any atom is -0.368 e. The molecule has 2 aromatic rings. The summed E-state index contributed by atoms with van der Waals surface area (Å²) in [5.41, 5.74) is 3.32. The molecule has 0 unspecified atom stereocenters. The molecule has 1 N–H and O–H groups in total. The Bertz CT molecular complexity index is 692. The molecule has 25 heavy (non-hydrogen) atoms. The molecule has 132 valence electrons. The maximum Gasteiger partial charge on any atom is 0.252 e. The van der Waals surface area contributed by atoms with Crippen LogP contribution < -0.4 is 5.32 Å². The van der Waals surface area contributed by atoms with Gasteiger partial charge in [-0.1, -0.05) is 54.6 Å². The molecule has 1 saturated heterocycles. The van der Waals surface area contributed by atoms with Crippen molar-refractivity contribution in [2.24, 2.45) is 0 Å². The van der Waals surface area contributed by atoms with Crippen LogP contribution in [0.3, 0.4) is 0 Å². The van der Waals surface area contributed by atoms with Crippen LogP contribution >= 0.6 is 11.8 Å². The lowest BCUT2D eigenvalue weighted by Gasteiger charge is -2.31. The fourth-order valence-electron chi connectivity index (χ4n) is 2.94. The molecular weight excluding hydrogens is 334 g/mol. The maximum atomic E-state index is 12.6. The van der Waals surface area contributed by atoms with Crippen molar-refractivity contribution in [2.75, 3.05) is 19.5 Å². The predicted octanol–water partition coefficient (Wildman–Crippen LogP) is 3.32. The maximum absolute atomic E-state index is 12.6. The number of amides is 1. The molecule has 1 heterocycles. The van der Waals surface area contributed by atoms with Crippen molar-refractivity contribution in [1.29, 1.82) is 0 Å². The average Bonchev–Trinajstić information content (AvgIpc) is 2.67. The minimum atomic E-state index is -0.620. The second-order valence-electron chi connectivity index (χ2n) is 5.96. The number of nitrogens with one attached hydrogen (secondary N) is 1. The highest BCUT2D eigenvalue weighted by Gasteiger charge is 2.34. The molecule has 2 atom stereocenters. The zero-order valence-corrected chi connectivity index (χ0v) is 15.1. The number of carbonyl (C=O) groups is 1. The van der Waals surface area contributed by atoms with Crippen LogP contribution in [0, 0.1) is 0 Å². The average molecular weight is 357 g/mol. The van der Waals surface area contributed by atoms with Crippen LogP contribution in [0.1, 0.15) is 22.8 Å². The highest BCUT2D eigenvalue weighted by atomic mass is 32.2. The normalized spacial score (nSPS) is 20.2. The third kappa shape index (κ3) is 4.84. The van der Waals surface area contributed by atoms with E-state index in [2.05, 4.69) is 23.7 Å². The van der Waals surface area contributed by atoms with Gasteiger partial charge in [0.25, 0.3) is 5.91 Å². The van der Waals surface area contributed by atoms with Gasteiger partial charge >= 0.3 is 0 Å². The summed E-state index contributed by atoms with van der Waals surface area (Å²) in [4.78, 5) is 12.6. The van der Waals surface area contributed by atoms with E-state index < -0.39 is 6.10 Å². The van der Waals surface area contributed by atoms with Crippen molar-refractivity contribution < 1.29 is 14.3 Å². The third-order valence-electron chi connectivity index (χ3n) is 4.11. The number of carbonyl (C=O) groups excluding carboxylic acids is 1. The van der Waals surface area contributed by atoms with Gasteiger partial charge in [0, 0.05) is 12.3 Å². The number of rotatable bonds is 6. The van der Waals surface area contributed by atoms with Gasteiger partial charge in [0.1, 0.15) is 6.10 Å². The molecule has 2 aromatic carbocycles. The van der Waals surface area contributed by atoms with E-state index in [1.807, 2.05) is 42.5 Å². The molecule has 0 radical (unpaired) electrons. The predicted molar refractivity (Wildman–Crippen MR) is 100 cm³/mol. The molecule has 1 amide bonds. The Morgan fingerprint density at radius 1 is 1.08 bits per heavy atom. The van der Waals surface area contributed by atoms with Crippen LogP contribution in [0.5, 0.6) is 0 Å². The Hall–Kier alpha value is -1.82. The number of benzene rings is 2. The van der Waals surface area contributed by atoms with Gasteiger partial charge in [-0.15, -0.1) is 0 Å². The highest BCUT2D eigenvalue weighted by molar-refractivity contribution is 7.97. The van der Waals surface area contributed by atoms with E-state index in [0.717, 1.165) is 16.9 Å². The van der Waals surface area contributed by atoms with Crippen LogP contribution in [0.2, 0.25) is 0 Å². The fraction of sp³-hybridized carbons (Fsp3) is 0.350. The summed E-state index contributed by atoms with van der Waals surface area (Å²) in [6.45, 7) is 1.42. The lowest BCUT2D eigenvalue weighted by Crippen LogP contribution is -2.44. The molecule has 1 aliphatic rings. The molecule has 4 nitrogen and oxygen atoms in total. The van der Waals surface area contributed by atoms with Crippen molar-refractivity contribution in [3.63, 3.8) is 0 Å². The summed E-state index contributed by atoms with van der Waals surface area (Å²) in [7, 11) is 0. The number of hydrogen-bond acceptors (Lipinski definition) is 4. The van der Waals surface area contributed by atoms with Crippen molar-refractivity contribution in [1.82, 2.24) is 5.32 Å². The third-order valence-corrected chi connectivity index (χ3v) is 4.73. The summed E-state index contributed by atoms with van der Waals surface area (Å²) >= 11 is 1.78. The Kier molecular flexibility index (Phi) is 6.50. The minimum absolute atomic E-state index is 0.135. The zero-order valence-electron chi connectivity index (χ0n) is 14.3. The van der Waals surface area contributed by atoms with Crippen molar-refractivity contribution >= 4 is 17.7 Å². The van der Waals surface area contributed by atoms with E-state index in [4.69, 9.17) is 9.47 Å². The van der Waals surface area contributed by atoms with Gasteiger partial charge in [-0.3, -0.25) is 4.79 Å². The Morgan fingerprint density at radius 2 is 1.84 bits per heavy atom. The SMILES string of the molecule is CSCc1cccc(CNC(=O)[C@@H]2OCCO[C@@H]2c2ccccc2)c1. The first-order valence-electron chi connectivity index (χ1n) is 8.40. The second-order valence-corrected chi connectivity index (χ2v) is 6.83. The van der Waals surface area contributed by atoms with E-state index in [9.17, 15) is 4.79 Å². The van der Waals surface area contributed by atoms with Crippen LogP contribution in [0.25, 0.3) is 0 Å². The number of hydrogen-bond donors (Lipinski definition) is 1. The quantitative estimate of drug-likeness (QED) is 0.862. The Balaban J connectivity index is 1.64. The van der Waals surface area contributed by atoms with Crippen molar-refractivity contribution in [2.45, 2.75) is 24.5 Å². The molecule has 1 aliphatic heterocycles. The molecule has 0 aliphatic carbocycles. The standard InChI is InChI=1S/C20H23NO3S/c1-25-14-16-7-5-6-15(12-16)13-21-20(22)19-18(23-10-11-24-19)17-8-3-2-4-9-17/h2-9,12,18-19H,10-11,13-14H2,1H3,(H,21,22)/t18-,19-/m1/s1.